The van der Waals surface area contributed by atoms with Crippen LogP contribution in [0.4, 0.5) is 21.9 Å². The van der Waals surface area contributed by atoms with Gasteiger partial charge in [0.1, 0.15) is 12.3 Å². The highest BCUT2D eigenvalue weighted by Gasteiger charge is 2.35. The Balaban J connectivity index is 1.21. The van der Waals surface area contributed by atoms with Gasteiger partial charge in [0.2, 0.25) is 0 Å². The van der Waals surface area contributed by atoms with Crippen molar-refractivity contribution in [1.29, 1.82) is 0 Å². The first kappa shape index (κ1) is 27.8. The van der Waals surface area contributed by atoms with Crippen LogP contribution in [-0.4, -0.2) is 104 Å². The number of anilines is 2. The number of hydrogen-bond acceptors (Lipinski definition) is 9. The minimum Gasteiger partial charge on any atom is -0.444 e. The van der Waals surface area contributed by atoms with Crippen molar-refractivity contribution >= 4 is 29.1 Å². The number of nitro benzene ring substituents is 1. The van der Waals surface area contributed by atoms with E-state index >= 15 is 0 Å². The minimum absolute atomic E-state index is 0.00442. The Morgan fingerprint density at radius 1 is 1.02 bits per heavy atom. The van der Waals surface area contributed by atoms with Crippen molar-refractivity contribution in [1.82, 2.24) is 9.80 Å². The standard InChI is InChI=1S/C28H35N5O7/c34-16-18-39-17-15-29-11-13-31(14-12-29)27(35)21-5-6-25(26(19-21)33(37)38)30-9-7-23(8-10-30)32-24-4-2-1-3-22(24)20-40-28(32)36/h1-6,19,23,34H,7-18,20H2. The number of fused-ring (bicyclic) bond motifs is 1. The van der Waals surface area contributed by atoms with E-state index in [0.717, 1.165) is 17.8 Å². The van der Waals surface area contributed by atoms with Gasteiger partial charge in [0.15, 0.2) is 0 Å². The summed E-state index contributed by atoms with van der Waals surface area (Å²) in [6.45, 7) is 5.34. The lowest BCUT2D eigenvalue weighted by Crippen LogP contribution is -2.49. The van der Waals surface area contributed by atoms with Crippen LogP contribution >= 0.6 is 0 Å². The first-order chi connectivity index (χ1) is 19.5. The zero-order valence-electron chi connectivity index (χ0n) is 22.4. The van der Waals surface area contributed by atoms with Crippen molar-refractivity contribution in [2.24, 2.45) is 0 Å². The predicted octanol–water partition coefficient (Wildman–Crippen LogP) is 2.49. The molecule has 0 spiro atoms. The lowest BCUT2D eigenvalue weighted by atomic mass is 9.99. The Morgan fingerprint density at radius 3 is 2.50 bits per heavy atom. The van der Waals surface area contributed by atoms with Crippen LogP contribution in [0.15, 0.2) is 42.5 Å². The number of hydrogen-bond donors (Lipinski definition) is 1. The molecule has 2 aromatic carbocycles. The van der Waals surface area contributed by atoms with Crippen LogP contribution < -0.4 is 9.80 Å². The minimum atomic E-state index is -0.430. The fourth-order valence-electron chi connectivity index (χ4n) is 5.67. The smallest absolute Gasteiger partial charge is 0.414 e. The topological polar surface area (TPSA) is 129 Å². The molecule has 2 saturated heterocycles. The normalized spacial score (nSPS) is 18.4. The Bertz CT molecular complexity index is 1230. The number of aliphatic hydroxyl groups excluding tert-OH is 1. The van der Waals surface area contributed by atoms with Crippen molar-refractivity contribution in [3.63, 3.8) is 0 Å². The molecule has 3 heterocycles. The number of amides is 2. The quantitative estimate of drug-likeness (QED) is 0.283. The van der Waals surface area contributed by atoms with Gasteiger partial charge >= 0.3 is 6.09 Å². The molecule has 0 saturated carbocycles. The van der Waals surface area contributed by atoms with Crippen molar-refractivity contribution in [3.8, 4) is 0 Å². The van der Waals surface area contributed by atoms with Gasteiger partial charge in [0, 0.05) is 69.0 Å². The first-order valence-corrected chi connectivity index (χ1v) is 13.7. The molecule has 40 heavy (non-hydrogen) atoms. The number of para-hydroxylation sites is 1. The van der Waals surface area contributed by atoms with Crippen LogP contribution in [0.2, 0.25) is 0 Å². The second-order valence-corrected chi connectivity index (χ2v) is 10.2. The summed E-state index contributed by atoms with van der Waals surface area (Å²) in [7, 11) is 0. The Kier molecular flexibility index (Phi) is 8.78. The van der Waals surface area contributed by atoms with Gasteiger partial charge < -0.3 is 24.4 Å². The Hall–Kier alpha value is -3.74. The molecule has 3 aliphatic rings. The molecule has 0 aromatic heterocycles. The maximum atomic E-state index is 13.2. The average Bonchev–Trinajstić information content (AvgIpc) is 2.99. The molecule has 1 N–H and O–H groups in total. The van der Waals surface area contributed by atoms with E-state index in [1.807, 2.05) is 29.2 Å². The van der Waals surface area contributed by atoms with E-state index in [4.69, 9.17) is 14.6 Å². The third-order valence-corrected chi connectivity index (χ3v) is 7.84. The zero-order valence-corrected chi connectivity index (χ0v) is 22.4. The number of nitrogens with zero attached hydrogens (tertiary/aromatic N) is 5. The monoisotopic (exact) mass is 553 g/mol. The Morgan fingerprint density at radius 2 is 1.77 bits per heavy atom. The number of ether oxygens (including phenoxy) is 2. The number of nitro groups is 1. The molecule has 214 valence electrons. The molecule has 0 atom stereocenters. The molecule has 0 radical (unpaired) electrons. The maximum Gasteiger partial charge on any atom is 0.414 e. The van der Waals surface area contributed by atoms with Gasteiger partial charge in [-0.05, 0) is 31.0 Å². The molecular weight excluding hydrogens is 518 g/mol. The third-order valence-electron chi connectivity index (χ3n) is 7.84. The molecule has 12 heteroatoms. The van der Waals surface area contributed by atoms with E-state index in [-0.39, 0.29) is 36.9 Å². The van der Waals surface area contributed by atoms with E-state index in [1.165, 1.54) is 6.07 Å². The molecule has 0 bridgehead atoms. The summed E-state index contributed by atoms with van der Waals surface area (Å²) in [5.41, 5.74) is 2.52. The predicted molar refractivity (Wildman–Crippen MR) is 148 cm³/mol. The van der Waals surface area contributed by atoms with Crippen LogP contribution in [0, 0.1) is 10.1 Å². The highest BCUT2D eigenvalue weighted by molar-refractivity contribution is 5.96. The van der Waals surface area contributed by atoms with Crippen LogP contribution in [0.25, 0.3) is 0 Å². The van der Waals surface area contributed by atoms with Gasteiger partial charge in [-0.25, -0.2) is 4.79 Å². The summed E-state index contributed by atoms with van der Waals surface area (Å²) in [5, 5.41) is 20.9. The van der Waals surface area contributed by atoms with E-state index in [1.54, 1.807) is 21.9 Å². The van der Waals surface area contributed by atoms with Gasteiger partial charge in [0.05, 0.1) is 30.4 Å². The molecule has 3 aliphatic heterocycles. The van der Waals surface area contributed by atoms with Gasteiger partial charge in [-0.1, -0.05) is 18.2 Å². The van der Waals surface area contributed by atoms with Crippen molar-refractivity contribution in [2.75, 3.05) is 75.4 Å². The average molecular weight is 554 g/mol. The molecule has 5 rings (SSSR count). The summed E-state index contributed by atoms with van der Waals surface area (Å²) in [6, 6.07) is 12.4. The molecule has 2 amide bonds. The largest absolute Gasteiger partial charge is 0.444 e. The summed E-state index contributed by atoms with van der Waals surface area (Å²) in [5.74, 6) is -0.216. The molecule has 0 unspecified atom stereocenters. The molecule has 2 fully saturated rings. The number of carbonyl (C=O) groups is 2. The fourth-order valence-corrected chi connectivity index (χ4v) is 5.67. The van der Waals surface area contributed by atoms with Crippen LogP contribution in [0.3, 0.4) is 0 Å². The highest BCUT2D eigenvalue weighted by Crippen LogP contribution is 2.35. The Labute approximate surface area is 232 Å². The molecule has 2 aromatic rings. The summed E-state index contributed by atoms with van der Waals surface area (Å²) < 4.78 is 10.7. The second kappa shape index (κ2) is 12.6. The second-order valence-electron chi connectivity index (χ2n) is 10.2. The first-order valence-electron chi connectivity index (χ1n) is 13.7. The number of carbonyl (C=O) groups excluding carboxylic acids is 2. The van der Waals surface area contributed by atoms with Crippen molar-refractivity contribution < 1.29 is 29.1 Å². The van der Waals surface area contributed by atoms with Crippen molar-refractivity contribution in [3.05, 3.63) is 63.7 Å². The zero-order chi connectivity index (χ0) is 28.1. The van der Waals surface area contributed by atoms with E-state index in [0.29, 0.717) is 76.6 Å². The molecule has 12 nitrogen and oxygen atoms in total. The third kappa shape index (κ3) is 6.03. The SMILES string of the molecule is O=C(c1ccc(N2CCC(N3C(=O)OCc4ccccc43)CC2)c([N+](=O)[O-])c1)N1CCN(CCOCCO)CC1. The number of cyclic esters (lactones) is 1. The van der Waals surface area contributed by atoms with Gasteiger partial charge in [-0.2, -0.15) is 0 Å². The van der Waals surface area contributed by atoms with Crippen molar-refractivity contribution in [2.45, 2.75) is 25.5 Å². The van der Waals surface area contributed by atoms with E-state index in [9.17, 15) is 19.7 Å². The molecule has 0 aliphatic carbocycles. The van der Waals surface area contributed by atoms with E-state index < -0.39 is 4.92 Å². The number of aliphatic hydroxyl groups is 1. The summed E-state index contributed by atoms with van der Waals surface area (Å²) in [4.78, 5) is 45.0. The number of piperazine rings is 1. The van der Waals surface area contributed by atoms with Gasteiger partial charge in [0.25, 0.3) is 11.6 Å². The van der Waals surface area contributed by atoms with Crippen LogP contribution in [-0.2, 0) is 16.1 Å². The van der Waals surface area contributed by atoms with Crippen LogP contribution in [0.1, 0.15) is 28.8 Å². The highest BCUT2D eigenvalue weighted by atomic mass is 16.6. The number of benzene rings is 2. The lowest BCUT2D eigenvalue weighted by Gasteiger charge is -2.40. The maximum absolute atomic E-state index is 13.2. The molecular formula is C28H35N5O7. The summed E-state index contributed by atoms with van der Waals surface area (Å²) in [6.07, 6.45) is 0.912. The van der Waals surface area contributed by atoms with Gasteiger partial charge in [-0.15, -0.1) is 0 Å². The number of piperidine rings is 1. The van der Waals surface area contributed by atoms with E-state index in [2.05, 4.69) is 4.90 Å². The van der Waals surface area contributed by atoms with Crippen LogP contribution in [0.5, 0.6) is 0 Å². The fraction of sp³-hybridized carbons (Fsp3) is 0.500. The summed E-state index contributed by atoms with van der Waals surface area (Å²) >= 11 is 0. The lowest BCUT2D eigenvalue weighted by molar-refractivity contribution is -0.384. The van der Waals surface area contributed by atoms with Gasteiger partial charge in [-0.3, -0.25) is 24.7 Å². The number of rotatable bonds is 9.